The first-order valence-corrected chi connectivity index (χ1v) is 12.1. The minimum Gasteiger partial charge on any atom is -0.369 e. The smallest absolute Gasteiger partial charge is 0.261 e. The standard InChI is InChI=1S/C23H32N4O3S/c1-23(2,3)14-4-5-15-16(12-14)31-22-19(15)21(30)25-17(26-22)6-7-18(28)27-10-8-13(9-11-27)20(24)29/h13-14,19H,4-12H2,1-3H3,(H2,24,29). The largest absolute Gasteiger partial charge is 0.369 e. The molecule has 2 N–H and O–H groups in total. The summed E-state index contributed by atoms with van der Waals surface area (Å²) in [5.74, 6) is 0.275. The molecule has 1 fully saturated rings. The van der Waals surface area contributed by atoms with Crippen LogP contribution >= 0.6 is 11.8 Å². The molecule has 0 radical (unpaired) electrons. The summed E-state index contributed by atoms with van der Waals surface area (Å²) in [6, 6.07) is 0. The third-order valence-electron chi connectivity index (χ3n) is 7.14. The normalized spacial score (nSPS) is 26.9. The lowest BCUT2D eigenvalue weighted by Gasteiger charge is -2.34. The topological polar surface area (TPSA) is 105 Å². The Balaban J connectivity index is 1.34. The van der Waals surface area contributed by atoms with Crippen LogP contribution in [0.3, 0.4) is 0 Å². The molecule has 0 aromatic carbocycles. The van der Waals surface area contributed by atoms with Crippen LogP contribution in [0, 0.1) is 23.2 Å². The molecule has 2 atom stereocenters. The zero-order chi connectivity index (χ0) is 22.3. The molecule has 0 aromatic heterocycles. The van der Waals surface area contributed by atoms with E-state index in [1.165, 1.54) is 10.5 Å². The molecule has 0 bridgehead atoms. The zero-order valence-corrected chi connectivity index (χ0v) is 19.5. The minimum atomic E-state index is -0.285. The third-order valence-corrected chi connectivity index (χ3v) is 8.35. The van der Waals surface area contributed by atoms with Gasteiger partial charge in [-0.15, -0.1) is 0 Å². The second kappa shape index (κ2) is 8.52. The highest BCUT2D eigenvalue weighted by molar-refractivity contribution is 8.17. The van der Waals surface area contributed by atoms with E-state index in [1.54, 1.807) is 16.7 Å². The van der Waals surface area contributed by atoms with Gasteiger partial charge in [-0.05, 0) is 53.9 Å². The molecular formula is C23H32N4O3S. The Morgan fingerprint density at radius 2 is 1.87 bits per heavy atom. The number of nitrogens with two attached hydrogens (primary N) is 1. The maximum Gasteiger partial charge on any atom is 0.261 e. The van der Waals surface area contributed by atoms with Crippen LogP contribution in [-0.4, -0.2) is 46.6 Å². The molecule has 3 heterocycles. The summed E-state index contributed by atoms with van der Waals surface area (Å²) in [4.78, 5) is 48.7. The van der Waals surface area contributed by atoms with Crippen molar-refractivity contribution in [3.63, 3.8) is 0 Å². The van der Waals surface area contributed by atoms with Crippen molar-refractivity contribution in [2.75, 3.05) is 13.1 Å². The molecule has 7 nitrogen and oxygen atoms in total. The summed E-state index contributed by atoms with van der Waals surface area (Å²) >= 11 is 1.66. The first-order valence-electron chi connectivity index (χ1n) is 11.3. The fraction of sp³-hybridized carbons (Fsp3) is 0.696. The van der Waals surface area contributed by atoms with Crippen molar-refractivity contribution in [2.45, 2.75) is 65.7 Å². The lowest BCUT2D eigenvalue weighted by molar-refractivity contribution is -0.134. The number of fused-ring (bicyclic) bond motifs is 2. The van der Waals surface area contributed by atoms with Gasteiger partial charge < -0.3 is 10.6 Å². The van der Waals surface area contributed by atoms with Gasteiger partial charge in [-0.1, -0.05) is 32.5 Å². The number of carbonyl (C=O) groups is 3. The van der Waals surface area contributed by atoms with Crippen LogP contribution in [0.4, 0.5) is 0 Å². The first kappa shape index (κ1) is 22.2. The van der Waals surface area contributed by atoms with E-state index in [-0.39, 0.29) is 41.4 Å². The van der Waals surface area contributed by atoms with E-state index >= 15 is 0 Å². The highest BCUT2D eigenvalue weighted by Gasteiger charge is 2.43. The molecule has 168 valence electrons. The number of thioether (sulfide) groups is 1. The molecule has 0 saturated carbocycles. The Hall–Kier alpha value is -1.96. The van der Waals surface area contributed by atoms with Crippen LogP contribution < -0.4 is 5.73 Å². The number of hydrogen-bond donors (Lipinski definition) is 1. The monoisotopic (exact) mass is 444 g/mol. The average molecular weight is 445 g/mol. The minimum absolute atomic E-state index is 0.0184. The molecule has 3 aliphatic heterocycles. The Labute approximate surface area is 188 Å². The van der Waals surface area contributed by atoms with Gasteiger partial charge in [0.2, 0.25) is 11.8 Å². The highest BCUT2D eigenvalue weighted by atomic mass is 32.2. The van der Waals surface area contributed by atoms with Crippen LogP contribution in [0.2, 0.25) is 0 Å². The molecular weight excluding hydrogens is 412 g/mol. The number of piperidine rings is 1. The number of amidine groups is 1. The van der Waals surface area contributed by atoms with Crippen LogP contribution in [0.15, 0.2) is 20.5 Å². The van der Waals surface area contributed by atoms with Crippen molar-refractivity contribution < 1.29 is 14.4 Å². The van der Waals surface area contributed by atoms with Crippen molar-refractivity contribution in [3.05, 3.63) is 10.5 Å². The van der Waals surface area contributed by atoms with Gasteiger partial charge in [0, 0.05) is 31.8 Å². The number of rotatable bonds is 4. The summed E-state index contributed by atoms with van der Waals surface area (Å²) in [7, 11) is 0. The first-order chi connectivity index (χ1) is 14.6. The SMILES string of the molecule is CC(C)(C)C1CCC2=C(C1)SC1=NC(CCC(=O)N3CCC(C(N)=O)CC3)=NC(=O)C12. The van der Waals surface area contributed by atoms with E-state index in [9.17, 15) is 14.4 Å². The van der Waals surface area contributed by atoms with Gasteiger partial charge in [0.25, 0.3) is 5.91 Å². The fourth-order valence-electron chi connectivity index (χ4n) is 5.00. The number of carbonyl (C=O) groups excluding carboxylic acids is 3. The molecule has 8 heteroatoms. The maximum atomic E-state index is 12.8. The Bertz CT molecular complexity index is 891. The predicted octanol–water partition coefficient (Wildman–Crippen LogP) is 3.29. The molecule has 0 spiro atoms. The van der Waals surface area contributed by atoms with E-state index in [0.29, 0.717) is 44.1 Å². The summed E-state index contributed by atoms with van der Waals surface area (Å²) in [5.41, 5.74) is 6.85. The van der Waals surface area contributed by atoms with E-state index in [0.717, 1.165) is 24.3 Å². The van der Waals surface area contributed by atoms with E-state index in [4.69, 9.17) is 10.7 Å². The van der Waals surface area contributed by atoms with Gasteiger partial charge in [0.15, 0.2) is 0 Å². The van der Waals surface area contributed by atoms with Gasteiger partial charge in [-0.3, -0.25) is 14.4 Å². The Morgan fingerprint density at radius 1 is 1.16 bits per heavy atom. The number of likely N-dealkylation sites (tertiary alicyclic amines) is 1. The van der Waals surface area contributed by atoms with E-state index in [1.807, 2.05) is 0 Å². The summed E-state index contributed by atoms with van der Waals surface area (Å²) in [6.45, 7) is 7.96. The van der Waals surface area contributed by atoms with Crippen molar-refractivity contribution >= 4 is 40.4 Å². The summed E-state index contributed by atoms with van der Waals surface area (Å²) in [6.07, 6.45) is 4.95. The molecule has 31 heavy (non-hydrogen) atoms. The van der Waals surface area contributed by atoms with Crippen molar-refractivity contribution in [3.8, 4) is 0 Å². The number of aliphatic imine (C=N–C) groups is 2. The number of nitrogens with zero attached hydrogens (tertiary/aromatic N) is 3. The Kier molecular flexibility index (Phi) is 6.12. The molecule has 2 unspecified atom stereocenters. The average Bonchev–Trinajstić information content (AvgIpc) is 3.09. The van der Waals surface area contributed by atoms with Crippen molar-refractivity contribution in [2.24, 2.45) is 38.9 Å². The number of amides is 3. The lowest BCUT2D eigenvalue weighted by atomic mass is 9.71. The molecule has 3 amide bonds. The summed E-state index contributed by atoms with van der Waals surface area (Å²) < 4.78 is 0. The third kappa shape index (κ3) is 4.64. The number of primary amides is 1. The Morgan fingerprint density at radius 3 is 2.52 bits per heavy atom. The van der Waals surface area contributed by atoms with E-state index in [2.05, 4.69) is 25.8 Å². The predicted molar refractivity (Wildman–Crippen MR) is 123 cm³/mol. The van der Waals surface area contributed by atoms with Gasteiger partial charge in [-0.2, -0.15) is 4.99 Å². The van der Waals surface area contributed by atoms with Crippen LogP contribution in [-0.2, 0) is 14.4 Å². The van der Waals surface area contributed by atoms with Crippen molar-refractivity contribution in [1.82, 2.24) is 4.90 Å². The molecule has 0 aromatic rings. The molecule has 1 aliphatic carbocycles. The second-order valence-corrected chi connectivity index (χ2v) is 11.3. The highest BCUT2D eigenvalue weighted by Crippen LogP contribution is 2.52. The molecule has 4 aliphatic rings. The quantitative estimate of drug-likeness (QED) is 0.718. The van der Waals surface area contributed by atoms with Crippen LogP contribution in [0.5, 0.6) is 0 Å². The van der Waals surface area contributed by atoms with Gasteiger partial charge >= 0.3 is 0 Å². The van der Waals surface area contributed by atoms with Crippen molar-refractivity contribution in [1.29, 1.82) is 0 Å². The number of allylic oxidation sites excluding steroid dienone is 1. The van der Waals surface area contributed by atoms with Gasteiger partial charge in [-0.25, -0.2) is 4.99 Å². The lowest BCUT2D eigenvalue weighted by Crippen LogP contribution is -2.41. The van der Waals surface area contributed by atoms with Crippen LogP contribution in [0.1, 0.15) is 65.7 Å². The number of hydrogen-bond acceptors (Lipinski definition) is 5. The zero-order valence-electron chi connectivity index (χ0n) is 18.6. The molecule has 1 saturated heterocycles. The second-order valence-electron chi connectivity index (χ2n) is 10.2. The molecule has 4 rings (SSSR count). The van der Waals surface area contributed by atoms with Gasteiger partial charge in [0.1, 0.15) is 11.8 Å². The summed E-state index contributed by atoms with van der Waals surface area (Å²) in [5, 5.41) is 0.851. The maximum absolute atomic E-state index is 12.8. The van der Waals surface area contributed by atoms with Gasteiger partial charge in [0.05, 0.1) is 5.04 Å². The fourth-order valence-corrected chi connectivity index (χ4v) is 6.40. The van der Waals surface area contributed by atoms with Crippen LogP contribution in [0.25, 0.3) is 0 Å². The van der Waals surface area contributed by atoms with E-state index < -0.39 is 0 Å².